The highest BCUT2D eigenvalue weighted by molar-refractivity contribution is 7.80. The lowest BCUT2D eigenvalue weighted by Crippen LogP contribution is -2.50. The predicted octanol–water partition coefficient (Wildman–Crippen LogP) is -0.754. The number of benzene rings is 1. The van der Waals surface area contributed by atoms with Gasteiger partial charge in [0, 0.05) is 19.5 Å². The summed E-state index contributed by atoms with van der Waals surface area (Å²) in [7, 11) is 0. The van der Waals surface area contributed by atoms with Crippen molar-refractivity contribution in [3.63, 3.8) is 0 Å². The summed E-state index contributed by atoms with van der Waals surface area (Å²) in [4.78, 5) is 12.5. The topological polar surface area (TPSA) is 75.6 Å². The minimum Gasteiger partial charge on any atom is -0.548 e. The van der Waals surface area contributed by atoms with Gasteiger partial charge in [-0.15, -0.1) is 0 Å². The summed E-state index contributed by atoms with van der Waals surface area (Å²) < 4.78 is 0. The molecule has 0 radical (unpaired) electrons. The largest absolute Gasteiger partial charge is 0.548 e. The summed E-state index contributed by atoms with van der Waals surface area (Å²) in [5, 5.41) is 23.8. The molecule has 19 heavy (non-hydrogen) atoms. The van der Waals surface area contributed by atoms with Crippen LogP contribution in [0.2, 0.25) is 0 Å². The van der Waals surface area contributed by atoms with Gasteiger partial charge in [-0.3, -0.25) is 0 Å². The van der Waals surface area contributed by atoms with Crippen molar-refractivity contribution in [2.45, 2.75) is 25.1 Å². The molecule has 0 bridgehead atoms. The molecule has 1 aromatic carbocycles. The highest BCUT2D eigenvalue weighted by Gasteiger charge is 2.33. The molecule has 1 aromatic rings. The zero-order valence-electron chi connectivity index (χ0n) is 10.3. The number of aliphatic hydroxyl groups is 1. The van der Waals surface area contributed by atoms with Crippen molar-refractivity contribution in [2.24, 2.45) is 0 Å². The quantitative estimate of drug-likeness (QED) is 0.709. The first-order valence-electron chi connectivity index (χ1n) is 6.05. The summed E-state index contributed by atoms with van der Waals surface area (Å²) in [5.74, 6) is -1.21. The van der Waals surface area contributed by atoms with Crippen LogP contribution >= 0.6 is 12.2 Å². The van der Waals surface area contributed by atoms with Gasteiger partial charge in [0.1, 0.15) is 0 Å². The molecule has 1 aliphatic heterocycles. The van der Waals surface area contributed by atoms with Crippen molar-refractivity contribution in [1.29, 1.82) is 0 Å². The molecule has 2 N–H and O–H groups in total. The minimum absolute atomic E-state index is 0.148. The average molecular weight is 279 g/mol. The summed E-state index contributed by atoms with van der Waals surface area (Å²) >= 11 is 5.17. The number of carbonyl (C=O) groups excluding carboxylic acids is 1. The van der Waals surface area contributed by atoms with Crippen LogP contribution in [0.1, 0.15) is 12.0 Å². The Balaban J connectivity index is 1.94. The molecule has 102 valence electrons. The second-order valence-electron chi connectivity index (χ2n) is 4.52. The molecule has 5 nitrogen and oxygen atoms in total. The fourth-order valence-electron chi connectivity index (χ4n) is 2.14. The van der Waals surface area contributed by atoms with Crippen LogP contribution in [-0.2, 0) is 11.3 Å². The molecule has 0 amide bonds. The molecular formula is C13H15N2O3S-. The molecule has 2 rings (SSSR count). The van der Waals surface area contributed by atoms with E-state index < -0.39 is 18.1 Å². The number of β-amino-alcohol motifs (C(OH)–C–C–N with tert-alkyl or cyclic N) is 1. The van der Waals surface area contributed by atoms with E-state index in [1.54, 1.807) is 0 Å². The van der Waals surface area contributed by atoms with Gasteiger partial charge >= 0.3 is 0 Å². The van der Waals surface area contributed by atoms with E-state index in [4.69, 9.17) is 12.2 Å². The Kier molecular flexibility index (Phi) is 4.34. The molecule has 1 fully saturated rings. The van der Waals surface area contributed by atoms with Gasteiger partial charge in [0.25, 0.3) is 0 Å². The lowest BCUT2D eigenvalue weighted by molar-refractivity contribution is -0.310. The molecule has 0 aliphatic carbocycles. The van der Waals surface area contributed by atoms with E-state index in [0.29, 0.717) is 11.7 Å². The predicted molar refractivity (Wildman–Crippen MR) is 72.0 cm³/mol. The Labute approximate surface area is 116 Å². The second kappa shape index (κ2) is 5.99. The van der Waals surface area contributed by atoms with Crippen LogP contribution in [0.4, 0.5) is 0 Å². The van der Waals surface area contributed by atoms with E-state index in [1.807, 2.05) is 30.3 Å². The monoisotopic (exact) mass is 279 g/mol. The molecule has 0 saturated carbocycles. The molecule has 2 atom stereocenters. The van der Waals surface area contributed by atoms with Crippen molar-refractivity contribution in [2.75, 3.05) is 6.54 Å². The van der Waals surface area contributed by atoms with Crippen LogP contribution in [0.3, 0.4) is 0 Å². The maximum absolute atomic E-state index is 11.0. The number of aliphatic hydroxyl groups excluding tert-OH is 1. The zero-order chi connectivity index (χ0) is 13.8. The lowest BCUT2D eigenvalue weighted by atomic mass is 10.2. The van der Waals surface area contributed by atoms with Gasteiger partial charge in [-0.2, -0.15) is 0 Å². The summed E-state index contributed by atoms with van der Waals surface area (Å²) in [6.45, 7) is 0.741. The van der Waals surface area contributed by atoms with Gasteiger partial charge in [-0.05, 0) is 17.8 Å². The van der Waals surface area contributed by atoms with E-state index in [1.165, 1.54) is 4.90 Å². The van der Waals surface area contributed by atoms with Crippen LogP contribution in [0.25, 0.3) is 0 Å². The third-order valence-corrected chi connectivity index (χ3v) is 3.48. The fraction of sp³-hybridized carbons (Fsp3) is 0.385. The van der Waals surface area contributed by atoms with Crippen molar-refractivity contribution >= 4 is 23.3 Å². The van der Waals surface area contributed by atoms with Gasteiger partial charge in [0.05, 0.1) is 18.1 Å². The number of rotatable bonds is 3. The smallest absolute Gasteiger partial charge is 0.169 e. The third kappa shape index (κ3) is 3.42. The zero-order valence-corrected chi connectivity index (χ0v) is 11.1. The van der Waals surface area contributed by atoms with Crippen molar-refractivity contribution in [3.8, 4) is 0 Å². The Morgan fingerprint density at radius 3 is 2.79 bits per heavy atom. The van der Waals surface area contributed by atoms with Gasteiger partial charge in [0.2, 0.25) is 0 Å². The molecular weight excluding hydrogens is 264 g/mol. The van der Waals surface area contributed by atoms with Gasteiger partial charge in [-0.25, -0.2) is 0 Å². The number of hydrogen-bond acceptors (Lipinski definition) is 4. The fourth-order valence-corrected chi connectivity index (χ4v) is 2.41. The third-order valence-electron chi connectivity index (χ3n) is 3.10. The maximum Gasteiger partial charge on any atom is 0.169 e. The van der Waals surface area contributed by atoms with E-state index in [9.17, 15) is 15.0 Å². The van der Waals surface area contributed by atoms with Crippen LogP contribution in [-0.4, -0.2) is 39.8 Å². The Bertz CT molecular complexity index is 466. The maximum atomic E-state index is 11.0. The molecule has 0 aromatic heterocycles. The molecule has 0 spiro atoms. The van der Waals surface area contributed by atoms with E-state index in [2.05, 4.69) is 5.32 Å². The number of likely N-dealkylation sites (tertiary alicyclic amines) is 1. The first-order valence-corrected chi connectivity index (χ1v) is 6.46. The highest BCUT2D eigenvalue weighted by atomic mass is 32.1. The molecule has 1 saturated heterocycles. The van der Waals surface area contributed by atoms with E-state index >= 15 is 0 Å². The number of carboxylic acids is 1. The number of thiocarbonyl (C=S) groups is 1. The van der Waals surface area contributed by atoms with Crippen molar-refractivity contribution in [1.82, 2.24) is 10.2 Å². The molecule has 1 aliphatic rings. The molecule has 6 heteroatoms. The van der Waals surface area contributed by atoms with E-state index in [-0.39, 0.29) is 13.0 Å². The summed E-state index contributed by atoms with van der Waals surface area (Å²) in [5.41, 5.74) is 1.05. The first-order chi connectivity index (χ1) is 9.08. The minimum atomic E-state index is -1.21. The summed E-state index contributed by atoms with van der Waals surface area (Å²) in [6, 6.07) is 8.80. The number of carboxylic acid groups (broad SMARTS) is 1. The van der Waals surface area contributed by atoms with Gasteiger partial charge in [0.15, 0.2) is 5.11 Å². The molecule has 0 unspecified atom stereocenters. The average Bonchev–Trinajstić information content (AvgIpc) is 2.79. The highest BCUT2D eigenvalue weighted by Crippen LogP contribution is 2.17. The molecule has 1 heterocycles. The Morgan fingerprint density at radius 1 is 1.47 bits per heavy atom. The van der Waals surface area contributed by atoms with Crippen LogP contribution < -0.4 is 10.4 Å². The van der Waals surface area contributed by atoms with Crippen molar-refractivity contribution < 1.29 is 15.0 Å². The standard InChI is InChI=1S/C13H16N2O3S/c16-10-6-11(12(17)18)15(8-10)13(19)14-7-9-4-2-1-3-5-9/h1-5,10-11,16H,6-8H2,(H,14,19)(H,17,18)/p-1/t10-,11+/m0/s1. The number of nitrogens with one attached hydrogen (secondary N) is 1. The SMILES string of the molecule is O=C([O-])[C@H]1C[C@H](O)CN1C(=S)NCc1ccccc1. The number of hydrogen-bond donors (Lipinski definition) is 2. The van der Waals surface area contributed by atoms with Crippen LogP contribution in [0.5, 0.6) is 0 Å². The normalized spacial score (nSPS) is 22.3. The van der Waals surface area contributed by atoms with Gasteiger partial charge < -0.3 is 25.2 Å². The Hall–Kier alpha value is -1.66. The summed E-state index contributed by atoms with van der Waals surface area (Å²) in [6.07, 6.45) is -0.533. The van der Waals surface area contributed by atoms with Crippen molar-refractivity contribution in [3.05, 3.63) is 35.9 Å². The number of aliphatic carboxylic acids is 1. The number of carbonyl (C=O) groups is 1. The van der Waals surface area contributed by atoms with E-state index in [0.717, 1.165) is 5.56 Å². The van der Waals surface area contributed by atoms with Gasteiger partial charge in [-0.1, -0.05) is 30.3 Å². The van der Waals surface area contributed by atoms with Crippen LogP contribution in [0.15, 0.2) is 30.3 Å². The lowest BCUT2D eigenvalue weighted by Gasteiger charge is -2.27. The second-order valence-corrected chi connectivity index (χ2v) is 4.91. The van der Waals surface area contributed by atoms with Crippen LogP contribution in [0, 0.1) is 0 Å². The first kappa shape index (κ1) is 13.8. The Morgan fingerprint density at radius 2 is 2.16 bits per heavy atom. The number of nitrogens with zero attached hydrogens (tertiary/aromatic N) is 1.